The van der Waals surface area contributed by atoms with Gasteiger partial charge in [0.25, 0.3) is 15.9 Å². The monoisotopic (exact) mass is 470 g/mol. The van der Waals surface area contributed by atoms with E-state index >= 15 is 0 Å². The smallest absolute Gasteiger partial charge is 0.264 e. The number of aryl methyl sites for hydroxylation is 1. The van der Waals surface area contributed by atoms with E-state index in [1.807, 2.05) is 67.6 Å². The molecule has 1 N–H and O–H groups in total. The molecule has 5 nitrogen and oxygen atoms in total. The molecule has 1 unspecified atom stereocenters. The standard InChI is InChI=1S/C28H26N2O3S/c1-21-16-18-23(19-17-21)27(22-10-5-3-6-11-22)29-28(31)24-12-9-15-26(20-24)34(32,33)30(2)25-13-7-4-8-14-25/h3-20,27H,1-2H3,(H,29,31). The molecule has 1 amide bonds. The predicted octanol–water partition coefficient (Wildman–Crippen LogP) is 5.34. The van der Waals surface area contributed by atoms with Gasteiger partial charge in [-0.1, -0.05) is 84.4 Å². The van der Waals surface area contributed by atoms with E-state index in [4.69, 9.17) is 0 Å². The van der Waals surface area contributed by atoms with E-state index < -0.39 is 10.0 Å². The molecule has 0 bridgehead atoms. The molecule has 6 heteroatoms. The molecule has 0 aliphatic carbocycles. The van der Waals surface area contributed by atoms with E-state index in [0.29, 0.717) is 5.69 Å². The van der Waals surface area contributed by atoms with Crippen molar-refractivity contribution in [1.82, 2.24) is 5.32 Å². The van der Waals surface area contributed by atoms with Crippen molar-refractivity contribution in [3.63, 3.8) is 0 Å². The van der Waals surface area contributed by atoms with Crippen LogP contribution in [0.1, 0.15) is 33.1 Å². The van der Waals surface area contributed by atoms with Gasteiger partial charge in [-0.2, -0.15) is 0 Å². The maximum Gasteiger partial charge on any atom is 0.264 e. The van der Waals surface area contributed by atoms with Gasteiger partial charge in [0.1, 0.15) is 0 Å². The van der Waals surface area contributed by atoms with Crippen LogP contribution in [-0.4, -0.2) is 21.4 Å². The molecular formula is C28H26N2O3S. The molecule has 0 radical (unpaired) electrons. The lowest BCUT2D eigenvalue weighted by Crippen LogP contribution is -2.30. The lowest BCUT2D eigenvalue weighted by molar-refractivity contribution is 0.0942. The van der Waals surface area contributed by atoms with Crippen LogP contribution < -0.4 is 9.62 Å². The van der Waals surface area contributed by atoms with Crippen molar-refractivity contribution in [3.8, 4) is 0 Å². The van der Waals surface area contributed by atoms with Crippen LogP contribution in [0.4, 0.5) is 5.69 Å². The summed E-state index contributed by atoms with van der Waals surface area (Å²) in [6.07, 6.45) is 0. The molecule has 0 fully saturated rings. The molecule has 0 spiro atoms. The van der Waals surface area contributed by atoms with Crippen LogP contribution in [0.2, 0.25) is 0 Å². The van der Waals surface area contributed by atoms with Crippen molar-refractivity contribution in [2.75, 3.05) is 11.4 Å². The van der Waals surface area contributed by atoms with Gasteiger partial charge in [-0.3, -0.25) is 9.10 Å². The Morgan fingerprint density at radius 3 is 2.00 bits per heavy atom. The zero-order chi connectivity index (χ0) is 24.1. The van der Waals surface area contributed by atoms with Crippen LogP contribution in [0.5, 0.6) is 0 Å². The minimum Gasteiger partial charge on any atom is -0.341 e. The second-order valence-electron chi connectivity index (χ2n) is 8.06. The topological polar surface area (TPSA) is 66.5 Å². The molecule has 0 saturated carbocycles. The van der Waals surface area contributed by atoms with Crippen LogP contribution in [0.3, 0.4) is 0 Å². The number of rotatable bonds is 7. The van der Waals surface area contributed by atoms with Crippen molar-refractivity contribution < 1.29 is 13.2 Å². The van der Waals surface area contributed by atoms with Gasteiger partial charge < -0.3 is 5.32 Å². The number of hydrogen-bond acceptors (Lipinski definition) is 3. The third-order valence-corrected chi connectivity index (χ3v) is 7.47. The third-order valence-electron chi connectivity index (χ3n) is 5.69. The highest BCUT2D eigenvalue weighted by Gasteiger charge is 2.23. The molecule has 34 heavy (non-hydrogen) atoms. The fourth-order valence-corrected chi connectivity index (χ4v) is 4.95. The Morgan fingerprint density at radius 1 is 0.765 bits per heavy atom. The lowest BCUT2D eigenvalue weighted by Gasteiger charge is -2.21. The third kappa shape index (κ3) is 5.02. The van der Waals surface area contributed by atoms with Gasteiger partial charge in [-0.25, -0.2) is 8.42 Å². The van der Waals surface area contributed by atoms with Crippen molar-refractivity contribution in [2.24, 2.45) is 0 Å². The number of carbonyl (C=O) groups excluding carboxylic acids is 1. The van der Waals surface area contributed by atoms with Gasteiger partial charge in [0.05, 0.1) is 16.6 Å². The number of nitrogens with one attached hydrogen (secondary N) is 1. The summed E-state index contributed by atoms with van der Waals surface area (Å²) in [7, 11) is -2.33. The molecule has 4 aromatic carbocycles. The Balaban J connectivity index is 1.64. The average molecular weight is 471 g/mol. The largest absolute Gasteiger partial charge is 0.341 e. The van der Waals surface area contributed by atoms with Gasteiger partial charge in [-0.05, 0) is 48.4 Å². The second kappa shape index (κ2) is 9.93. The molecule has 0 aliphatic rings. The number of benzene rings is 4. The van der Waals surface area contributed by atoms with Crippen LogP contribution in [0.15, 0.2) is 114 Å². The van der Waals surface area contributed by atoms with E-state index in [0.717, 1.165) is 16.7 Å². The van der Waals surface area contributed by atoms with Gasteiger partial charge in [0.2, 0.25) is 0 Å². The Labute approximate surface area is 200 Å². The Bertz CT molecular complexity index is 1370. The number of nitrogens with zero attached hydrogens (tertiary/aromatic N) is 1. The summed E-state index contributed by atoms with van der Waals surface area (Å²) < 4.78 is 27.6. The quantitative estimate of drug-likeness (QED) is 0.397. The zero-order valence-electron chi connectivity index (χ0n) is 19.0. The molecular weight excluding hydrogens is 444 g/mol. The highest BCUT2D eigenvalue weighted by atomic mass is 32.2. The van der Waals surface area contributed by atoms with E-state index in [9.17, 15) is 13.2 Å². The SMILES string of the molecule is Cc1ccc(C(NC(=O)c2cccc(S(=O)(=O)N(C)c3ccccc3)c2)c2ccccc2)cc1. The highest BCUT2D eigenvalue weighted by molar-refractivity contribution is 7.92. The molecule has 0 aromatic heterocycles. The summed E-state index contributed by atoms with van der Waals surface area (Å²) in [4.78, 5) is 13.3. The van der Waals surface area contributed by atoms with Crippen LogP contribution in [0, 0.1) is 6.92 Å². The van der Waals surface area contributed by atoms with E-state index in [2.05, 4.69) is 5.32 Å². The molecule has 0 saturated heterocycles. The van der Waals surface area contributed by atoms with Crippen molar-refractivity contribution in [3.05, 3.63) is 131 Å². The maximum atomic E-state index is 13.3. The van der Waals surface area contributed by atoms with E-state index in [-0.39, 0.29) is 22.4 Å². The molecule has 0 aliphatic heterocycles. The Morgan fingerprint density at radius 2 is 1.35 bits per heavy atom. The molecule has 4 aromatic rings. The van der Waals surface area contributed by atoms with Gasteiger partial charge in [0.15, 0.2) is 0 Å². The summed E-state index contributed by atoms with van der Waals surface area (Å²) in [5, 5.41) is 3.08. The number of amides is 1. The number of para-hydroxylation sites is 1. The normalized spacial score (nSPS) is 12.1. The minimum atomic E-state index is -3.83. The van der Waals surface area contributed by atoms with Crippen molar-refractivity contribution >= 4 is 21.6 Å². The first-order valence-corrected chi connectivity index (χ1v) is 12.4. The fourth-order valence-electron chi connectivity index (χ4n) is 3.71. The first-order chi connectivity index (χ1) is 16.4. The van der Waals surface area contributed by atoms with Crippen LogP contribution >= 0.6 is 0 Å². The van der Waals surface area contributed by atoms with Gasteiger partial charge in [0, 0.05) is 12.6 Å². The molecule has 0 heterocycles. The number of sulfonamides is 1. The van der Waals surface area contributed by atoms with E-state index in [1.165, 1.54) is 23.5 Å². The number of hydrogen-bond donors (Lipinski definition) is 1. The Hall–Kier alpha value is -3.90. The van der Waals surface area contributed by atoms with Crippen LogP contribution in [0.25, 0.3) is 0 Å². The van der Waals surface area contributed by atoms with Crippen molar-refractivity contribution in [2.45, 2.75) is 17.9 Å². The van der Waals surface area contributed by atoms with Crippen LogP contribution in [-0.2, 0) is 10.0 Å². The summed E-state index contributed by atoms with van der Waals surface area (Å²) >= 11 is 0. The highest BCUT2D eigenvalue weighted by Crippen LogP contribution is 2.25. The summed E-state index contributed by atoms with van der Waals surface area (Å²) in [6.45, 7) is 2.01. The maximum absolute atomic E-state index is 13.3. The summed E-state index contributed by atoms with van der Waals surface area (Å²) in [5.41, 5.74) is 3.82. The molecule has 4 rings (SSSR count). The average Bonchev–Trinajstić information content (AvgIpc) is 2.88. The van der Waals surface area contributed by atoms with E-state index in [1.54, 1.807) is 36.4 Å². The lowest BCUT2D eigenvalue weighted by atomic mass is 9.97. The predicted molar refractivity (Wildman–Crippen MR) is 135 cm³/mol. The van der Waals surface area contributed by atoms with Gasteiger partial charge in [-0.15, -0.1) is 0 Å². The summed E-state index contributed by atoms with van der Waals surface area (Å²) in [5.74, 6) is -0.353. The molecule has 172 valence electrons. The summed E-state index contributed by atoms with van der Waals surface area (Å²) in [6, 6.07) is 32.3. The number of anilines is 1. The first-order valence-electron chi connectivity index (χ1n) is 10.9. The number of carbonyl (C=O) groups is 1. The first kappa shape index (κ1) is 23.3. The Kier molecular flexibility index (Phi) is 6.80. The van der Waals surface area contributed by atoms with Crippen molar-refractivity contribution in [1.29, 1.82) is 0 Å². The zero-order valence-corrected chi connectivity index (χ0v) is 19.9. The fraction of sp³-hybridized carbons (Fsp3) is 0.107. The molecule has 1 atom stereocenters. The second-order valence-corrected chi connectivity index (χ2v) is 10.0. The minimum absolute atomic E-state index is 0.0538. The van der Waals surface area contributed by atoms with Gasteiger partial charge >= 0.3 is 0 Å².